The maximum Gasteiger partial charge on any atom is 0.124 e. The third kappa shape index (κ3) is 3.64. The standard InChI is InChI=1S/C11H15ClFN/c1-8(2)14-6-5-9-3-4-10(13)7-11(9)12/h3-4,7-8,14H,5-6H2,1-2H3. The van der Waals surface area contributed by atoms with Crippen LogP contribution in [0.15, 0.2) is 18.2 Å². The van der Waals surface area contributed by atoms with Crippen molar-refractivity contribution in [2.75, 3.05) is 6.54 Å². The molecule has 0 aliphatic heterocycles. The predicted octanol–water partition coefficient (Wildman–Crippen LogP) is 3.02. The Labute approximate surface area is 89.3 Å². The van der Waals surface area contributed by atoms with Crippen molar-refractivity contribution in [2.24, 2.45) is 0 Å². The van der Waals surface area contributed by atoms with Gasteiger partial charge in [-0.15, -0.1) is 0 Å². The SMILES string of the molecule is CC(C)NCCc1ccc(F)cc1Cl. The number of hydrogen-bond acceptors (Lipinski definition) is 1. The molecule has 0 saturated carbocycles. The molecule has 0 bridgehead atoms. The third-order valence-electron chi connectivity index (χ3n) is 1.96. The fourth-order valence-corrected chi connectivity index (χ4v) is 1.48. The van der Waals surface area contributed by atoms with Gasteiger partial charge in [0.25, 0.3) is 0 Å². The van der Waals surface area contributed by atoms with Crippen molar-refractivity contribution < 1.29 is 4.39 Å². The number of halogens is 2. The minimum atomic E-state index is -0.282. The van der Waals surface area contributed by atoms with Gasteiger partial charge in [-0.1, -0.05) is 31.5 Å². The van der Waals surface area contributed by atoms with Gasteiger partial charge >= 0.3 is 0 Å². The summed E-state index contributed by atoms with van der Waals surface area (Å²) in [5.41, 5.74) is 0.987. The summed E-state index contributed by atoms with van der Waals surface area (Å²) in [4.78, 5) is 0. The monoisotopic (exact) mass is 215 g/mol. The summed E-state index contributed by atoms with van der Waals surface area (Å²) >= 11 is 5.88. The van der Waals surface area contributed by atoms with Crippen LogP contribution in [0, 0.1) is 5.82 Å². The van der Waals surface area contributed by atoms with Crippen molar-refractivity contribution >= 4 is 11.6 Å². The number of hydrogen-bond donors (Lipinski definition) is 1. The lowest BCUT2D eigenvalue weighted by molar-refractivity contribution is 0.589. The van der Waals surface area contributed by atoms with E-state index in [1.807, 2.05) is 0 Å². The van der Waals surface area contributed by atoms with Gasteiger partial charge in [-0.3, -0.25) is 0 Å². The van der Waals surface area contributed by atoms with Gasteiger partial charge in [0.1, 0.15) is 5.82 Å². The average molecular weight is 216 g/mol. The first-order valence-corrected chi connectivity index (χ1v) is 5.14. The molecule has 0 aromatic heterocycles. The van der Waals surface area contributed by atoms with Crippen LogP contribution in [-0.4, -0.2) is 12.6 Å². The topological polar surface area (TPSA) is 12.0 Å². The first-order valence-electron chi connectivity index (χ1n) is 4.77. The zero-order valence-corrected chi connectivity index (χ0v) is 9.24. The second-order valence-electron chi connectivity index (χ2n) is 3.59. The largest absolute Gasteiger partial charge is 0.314 e. The van der Waals surface area contributed by atoms with Gasteiger partial charge in [0.05, 0.1) is 0 Å². The van der Waals surface area contributed by atoms with Gasteiger partial charge in [0, 0.05) is 11.1 Å². The van der Waals surface area contributed by atoms with Crippen molar-refractivity contribution in [3.8, 4) is 0 Å². The minimum absolute atomic E-state index is 0.282. The Morgan fingerprint density at radius 2 is 2.14 bits per heavy atom. The highest BCUT2D eigenvalue weighted by atomic mass is 35.5. The molecule has 3 heteroatoms. The van der Waals surface area contributed by atoms with E-state index in [1.54, 1.807) is 6.07 Å². The van der Waals surface area contributed by atoms with Gasteiger partial charge in [-0.25, -0.2) is 4.39 Å². The molecule has 0 atom stereocenters. The van der Waals surface area contributed by atoms with Gasteiger partial charge < -0.3 is 5.32 Å². The molecule has 0 unspecified atom stereocenters. The molecule has 0 heterocycles. The summed E-state index contributed by atoms with van der Waals surface area (Å²) in [7, 11) is 0. The van der Waals surface area contributed by atoms with E-state index in [4.69, 9.17) is 11.6 Å². The second kappa shape index (κ2) is 5.32. The quantitative estimate of drug-likeness (QED) is 0.814. The fraction of sp³-hybridized carbons (Fsp3) is 0.455. The molecule has 0 saturated heterocycles. The second-order valence-corrected chi connectivity index (χ2v) is 4.00. The molecule has 1 aromatic carbocycles. The minimum Gasteiger partial charge on any atom is -0.314 e. The van der Waals surface area contributed by atoms with Crippen LogP contribution in [-0.2, 0) is 6.42 Å². The molecule has 1 nitrogen and oxygen atoms in total. The van der Waals surface area contributed by atoms with E-state index in [-0.39, 0.29) is 5.82 Å². The van der Waals surface area contributed by atoms with Crippen molar-refractivity contribution in [1.82, 2.24) is 5.32 Å². The van der Waals surface area contributed by atoms with Crippen molar-refractivity contribution in [1.29, 1.82) is 0 Å². The van der Waals surface area contributed by atoms with Crippen LogP contribution in [0.4, 0.5) is 4.39 Å². The highest BCUT2D eigenvalue weighted by molar-refractivity contribution is 6.31. The summed E-state index contributed by atoms with van der Waals surface area (Å²) in [6, 6.07) is 5.00. The smallest absolute Gasteiger partial charge is 0.124 e. The van der Waals surface area contributed by atoms with Gasteiger partial charge in [0.2, 0.25) is 0 Å². The molecule has 0 radical (unpaired) electrons. The Morgan fingerprint density at radius 3 is 2.71 bits per heavy atom. The number of nitrogens with one attached hydrogen (secondary N) is 1. The van der Waals surface area contributed by atoms with Crippen LogP contribution < -0.4 is 5.32 Å². The summed E-state index contributed by atoms with van der Waals surface area (Å²) in [6.45, 7) is 5.04. The molecule has 0 spiro atoms. The molecule has 0 amide bonds. The van der Waals surface area contributed by atoms with Crippen molar-refractivity contribution in [3.05, 3.63) is 34.6 Å². The number of rotatable bonds is 4. The van der Waals surface area contributed by atoms with Crippen molar-refractivity contribution in [3.63, 3.8) is 0 Å². The van der Waals surface area contributed by atoms with Crippen LogP contribution >= 0.6 is 11.6 Å². The van der Waals surface area contributed by atoms with Crippen LogP contribution in [0.5, 0.6) is 0 Å². The highest BCUT2D eigenvalue weighted by Crippen LogP contribution is 2.17. The molecule has 14 heavy (non-hydrogen) atoms. The number of benzene rings is 1. The van der Waals surface area contributed by atoms with Crippen molar-refractivity contribution in [2.45, 2.75) is 26.3 Å². The van der Waals surface area contributed by atoms with E-state index >= 15 is 0 Å². The molecule has 78 valence electrons. The first kappa shape index (κ1) is 11.5. The highest BCUT2D eigenvalue weighted by Gasteiger charge is 2.01. The van der Waals surface area contributed by atoms with E-state index in [9.17, 15) is 4.39 Å². The molecule has 0 aliphatic rings. The maximum atomic E-state index is 12.7. The normalized spacial score (nSPS) is 10.9. The van der Waals surface area contributed by atoms with E-state index in [2.05, 4.69) is 19.2 Å². The Balaban J connectivity index is 2.51. The lowest BCUT2D eigenvalue weighted by atomic mass is 10.1. The predicted molar refractivity (Wildman–Crippen MR) is 58.3 cm³/mol. The summed E-state index contributed by atoms with van der Waals surface area (Å²) in [5.74, 6) is -0.282. The maximum absolute atomic E-state index is 12.7. The van der Waals surface area contributed by atoms with Crippen LogP contribution in [0.2, 0.25) is 5.02 Å². The summed E-state index contributed by atoms with van der Waals surface area (Å²) in [6.07, 6.45) is 0.831. The Kier molecular flexibility index (Phi) is 4.36. The van der Waals surface area contributed by atoms with E-state index in [0.717, 1.165) is 18.5 Å². The van der Waals surface area contributed by atoms with Crippen LogP contribution in [0.25, 0.3) is 0 Å². The fourth-order valence-electron chi connectivity index (χ4n) is 1.22. The Bertz CT molecular complexity index is 299. The van der Waals surface area contributed by atoms with Gasteiger partial charge in [-0.2, -0.15) is 0 Å². The average Bonchev–Trinajstić information content (AvgIpc) is 2.08. The third-order valence-corrected chi connectivity index (χ3v) is 2.31. The van der Waals surface area contributed by atoms with Crippen LogP contribution in [0.3, 0.4) is 0 Å². The van der Waals surface area contributed by atoms with Gasteiger partial charge in [-0.05, 0) is 30.7 Å². The molecule has 1 rings (SSSR count). The van der Waals surface area contributed by atoms with E-state index < -0.39 is 0 Å². The molecule has 1 aromatic rings. The first-order chi connectivity index (χ1) is 6.59. The lowest BCUT2D eigenvalue weighted by Crippen LogP contribution is -2.25. The van der Waals surface area contributed by atoms with E-state index in [0.29, 0.717) is 11.1 Å². The molecule has 0 fully saturated rings. The van der Waals surface area contributed by atoms with Gasteiger partial charge in [0.15, 0.2) is 0 Å². The molecular formula is C11H15ClFN. The lowest BCUT2D eigenvalue weighted by Gasteiger charge is -2.08. The van der Waals surface area contributed by atoms with E-state index in [1.165, 1.54) is 12.1 Å². The summed E-state index contributed by atoms with van der Waals surface area (Å²) < 4.78 is 12.7. The Morgan fingerprint density at radius 1 is 1.43 bits per heavy atom. The zero-order chi connectivity index (χ0) is 10.6. The zero-order valence-electron chi connectivity index (χ0n) is 8.48. The molecule has 1 N–H and O–H groups in total. The van der Waals surface area contributed by atoms with Crippen LogP contribution in [0.1, 0.15) is 19.4 Å². The molecule has 0 aliphatic carbocycles. The Hall–Kier alpha value is -0.600. The summed E-state index contributed by atoms with van der Waals surface area (Å²) in [5, 5.41) is 3.79. The molecular weight excluding hydrogens is 201 g/mol.